The first-order valence-corrected chi connectivity index (χ1v) is 6.17. The molecule has 0 saturated carbocycles. The molecule has 5 heteroatoms. The van der Waals surface area contributed by atoms with Crippen molar-refractivity contribution in [2.45, 2.75) is 33.0 Å². The Kier molecular flexibility index (Phi) is 4.04. The number of hydrogen-bond acceptors (Lipinski definition) is 3. The van der Waals surface area contributed by atoms with E-state index in [2.05, 4.69) is 5.32 Å². The number of imidazole rings is 1. The molecule has 0 spiro atoms. The average Bonchev–Trinajstić information content (AvgIpc) is 2.95. The molecule has 0 aliphatic carbocycles. The second-order valence-corrected chi connectivity index (χ2v) is 4.58. The summed E-state index contributed by atoms with van der Waals surface area (Å²) in [7, 11) is 0. The SMILES string of the molecule is CC(C)n1ccn(CCNCc2ccoc2)c1=O. The standard InChI is InChI=1S/C13H19N3O2/c1-11(2)16-7-6-15(13(16)17)5-4-14-9-12-3-8-18-10-12/h3,6-8,10-11,14H,4-5,9H2,1-2H3. The van der Waals surface area contributed by atoms with Gasteiger partial charge in [-0.3, -0.25) is 9.13 Å². The zero-order valence-electron chi connectivity index (χ0n) is 10.8. The summed E-state index contributed by atoms with van der Waals surface area (Å²) >= 11 is 0. The lowest BCUT2D eigenvalue weighted by molar-refractivity contribution is 0.532. The average molecular weight is 249 g/mol. The molecule has 0 saturated heterocycles. The number of hydrogen-bond donors (Lipinski definition) is 1. The summed E-state index contributed by atoms with van der Waals surface area (Å²) in [5, 5.41) is 3.27. The maximum atomic E-state index is 11.9. The second kappa shape index (κ2) is 5.73. The predicted octanol–water partition coefficient (Wildman–Crippen LogP) is 1.61. The first-order valence-electron chi connectivity index (χ1n) is 6.17. The van der Waals surface area contributed by atoms with Gasteiger partial charge in [0.05, 0.1) is 12.5 Å². The van der Waals surface area contributed by atoms with Gasteiger partial charge in [-0.15, -0.1) is 0 Å². The number of aromatic nitrogens is 2. The fraction of sp³-hybridized carbons (Fsp3) is 0.462. The normalized spacial score (nSPS) is 11.3. The van der Waals surface area contributed by atoms with Gasteiger partial charge in [-0.1, -0.05) is 0 Å². The predicted molar refractivity (Wildman–Crippen MR) is 69.5 cm³/mol. The Hall–Kier alpha value is -1.75. The molecule has 0 aliphatic heterocycles. The van der Waals surface area contributed by atoms with Gasteiger partial charge in [-0.05, 0) is 19.9 Å². The van der Waals surface area contributed by atoms with Crippen molar-refractivity contribution in [3.8, 4) is 0 Å². The first-order chi connectivity index (χ1) is 8.68. The fourth-order valence-corrected chi connectivity index (χ4v) is 1.82. The van der Waals surface area contributed by atoms with Crippen LogP contribution in [-0.4, -0.2) is 15.7 Å². The van der Waals surface area contributed by atoms with Gasteiger partial charge in [0.2, 0.25) is 0 Å². The van der Waals surface area contributed by atoms with E-state index in [1.807, 2.05) is 32.3 Å². The van der Waals surface area contributed by atoms with Gasteiger partial charge in [-0.25, -0.2) is 4.79 Å². The maximum Gasteiger partial charge on any atom is 0.328 e. The molecular weight excluding hydrogens is 230 g/mol. The molecule has 2 heterocycles. The number of furan rings is 1. The van der Waals surface area contributed by atoms with Crippen LogP contribution < -0.4 is 11.0 Å². The molecular formula is C13H19N3O2. The highest BCUT2D eigenvalue weighted by Gasteiger charge is 2.05. The first kappa shape index (κ1) is 12.7. The summed E-state index contributed by atoms with van der Waals surface area (Å²) in [6.45, 7) is 6.20. The van der Waals surface area contributed by atoms with Crippen molar-refractivity contribution in [3.63, 3.8) is 0 Å². The molecule has 18 heavy (non-hydrogen) atoms. The third-order valence-corrected chi connectivity index (χ3v) is 2.87. The summed E-state index contributed by atoms with van der Waals surface area (Å²) < 4.78 is 8.44. The lowest BCUT2D eigenvalue weighted by Crippen LogP contribution is -2.29. The number of nitrogens with one attached hydrogen (secondary N) is 1. The van der Waals surface area contributed by atoms with Crippen molar-refractivity contribution in [2.75, 3.05) is 6.54 Å². The number of rotatable bonds is 6. The van der Waals surface area contributed by atoms with E-state index in [0.29, 0.717) is 6.54 Å². The summed E-state index contributed by atoms with van der Waals surface area (Å²) in [5.74, 6) is 0. The minimum atomic E-state index is 0.0510. The van der Waals surface area contributed by atoms with E-state index in [9.17, 15) is 4.79 Å². The molecule has 0 radical (unpaired) electrons. The molecule has 0 bridgehead atoms. The van der Waals surface area contributed by atoms with E-state index in [0.717, 1.165) is 18.7 Å². The Balaban J connectivity index is 1.82. The summed E-state index contributed by atoms with van der Waals surface area (Å²) in [5.41, 5.74) is 1.16. The van der Waals surface area contributed by atoms with Crippen LogP contribution in [0.15, 0.2) is 40.2 Å². The van der Waals surface area contributed by atoms with Crippen LogP contribution in [0.1, 0.15) is 25.5 Å². The van der Waals surface area contributed by atoms with Crippen molar-refractivity contribution < 1.29 is 4.42 Å². The van der Waals surface area contributed by atoms with Gasteiger partial charge in [0.15, 0.2) is 0 Å². The lowest BCUT2D eigenvalue weighted by atomic mass is 10.3. The van der Waals surface area contributed by atoms with Crippen LogP contribution in [0.4, 0.5) is 0 Å². The van der Waals surface area contributed by atoms with E-state index in [1.54, 1.807) is 21.7 Å². The molecule has 5 nitrogen and oxygen atoms in total. The van der Waals surface area contributed by atoms with Crippen molar-refractivity contribution in [1.82, 2.24) is 14.5 Å². The molecule has 0 aromatic carbocycles. The van der Waals surface area contributed by atoms with Crippen LogP contribution >= 0.6 is 0 Å². The topological polar surface area (TPSA) is 52.1 Å². The maximum absolute atomic E-state index is 11.9. The molecule has 98 valence electrons. The molecule has 2 rings (SSSR count). The van der Waals surface area contributed by atoms with Crippen LogP contribution in [0.3, 0.4) is 0 Å². The minimum absolute atomic E-state index is 0.0510. The van der Waals surface area contributed by atoms with Gasteiger partial charge in [0.1, 0.15) is 0 Å². The van der Waals surface area contributed by atoms with Gasteiger partial charge < -0.3 is 9.73 Å². The van der Waals surface area contributed by atoms with Gasteiger partial charge in [-0.2, -0.15) is 0 Å². The zero-order valence-corrected chi connectivity index (χ0v) is 10.8. The highest BCUT2D eigenvalue weighted by Crippen LogP contribution is 1.99. The van der Waals surface area contributed by atoms with Crippen LogP contribution in [-0.2, 0) is 13.1 Å². The van der Waals surface area contributed by atoms with Gasteiger partial charge in [0.25, 0.3) is 0 Å². The largest absolute Gasteiger partial charge is 0.472 e. The minimum Gasteiger partial charge on any atom is -0.472 e. The second-order valence-electron chi connectivity index (χ2n) is 4.58. The highest BCUT2D eigenvalue weighted by molar-refractivity contribution is 5.04. The van der Waals surface area contributed by atoms with Gasteiger partial charge in [0, 0.05) is 43.6 Å². The quantitative estimate of drug-likeness (QED) is 0.791. The zero-order chi connectivity index (χ0) is 13.0. The van der Waals surface area contributed by atoms with E-state index >= 15 is 0 Å². The van der Waals surface area contributed by atoms with Crippen molar-refractivity contribution in [3.05, 3.63) is 47.0 Å². The highest BCUT2D eigenvalue weighted by atomic mass is 16.3. The van der Waals surface area contributed by atoms with Gasteiger partial charge >= 0.3 is 5.69 Å². The molecule has 2 aromatic heterocycles. The van der Waals surface area contributed by atoms with Crippen molar-refractivity contribution >= 4 is 0 Å². The molecule has 1 N–H and O–H groups in total. The van der Waals surface area contributed by atoms with E-state index in [1.165, 1.54) is 0 Å². The van der Waals surface area contributed by atoms with Crippen molar-refractivity contribution in [1.29, 1.82) is 0 Å². The summed E-state index contributed by atoms with van der Waals surface area (Å²) in [4.78, 5) is 11.9. The monoisotopic (exact) mass is 249 g/mol. The Morgan fingerprint density at radius 1 is 1.39 bits per heavy atom. The van der Waals surface area contributed by atoms with E-state index < -0.39 is 0 Å². The lowest BCUT2D eigenvalue weighted by Gasteiger charge is -2.05. The van der Waals surface area contributed by atoms with Crippen LogP contribution in [0.25, 0.3) is 0 Å². The molecule has 0 fully saturated rings. The van der Waals surface area contributed by atoms with Crippen LogP contribution in [0, 0.1) is 0 Å². The summed E-state index contributed by atoms with van der Waals surface area (Å²) in [6, 6.07) is 2.13. The van der Waals surface area contributed by atoms with Crippen LogP contribution in [0.5, 0.6) is 0 Å². The van der Waals surface area contributed by atoms with E-state index in [-0.39, 0.29) is 11.7 Å². The third kappa shape index (κ3) is 2.92. The molecule has 0 aliphatic rings. The smallest absolute Gasteiger partial charge is 0.328 e. The third-order valence-electron chi connectivity index (χ3n) is 2.87. The number of nitrogens with zero attached hydrogens (tertiary/aromatic N) is 2. The molecule has 2 aromatic rings. The van der Waals surface area contributed by atoms with Crippen molar-refractivity contribution in [2.24, 2.45) is 0 Å². The Morgan fingerprint density at radius 3 is 2.83 bits per heavy atom. The molecule has 0 unspecified atom stereocenters. The Labute approximate surface area is 106 Å². The Bertz CT molecular complexity index is 523. The van der Waals surface area contributed by atoms with E-state index in [4.69, 9.17) is 4.42 Å². The molecule has 0 atom stereocenters. The molecule has 0 amide bonds. The fourth-order valence-electron chi connectivity index (χ4n) is 1.82. The summed E-state index contributed by atoms with van der Waals surface area (Å²) in [6.07, 6.45) is 7.05. The van der Waals surface area contributed by atoms with Crippen LogP contribution in [0.2, 0.25) is 0 Å². The Morgan fingerprint density at radius 2 is 2.22 bits per heavy atom.